The van der Waals surface area contributed by atoms with Crippen molar-refractivity contribution in [3.8, 4) is 22.0 Å². The molecule has 0 aliphatic heterocycles. The third-order valence-corrected chi connectivity index (χ3v) is 3.64. The fourth-order valence-electron chi connectivity index (χ4n) is 1.52. The van der Waals surface area contributed by atoms with Crippen molar-refractivity contribution in [2.75, 3.05) is 0 Å². The van der Waals surface area contributed by atoms with Gasteiger partial charge in [-0.05, 0) is 24.3 Å². The predicted molar refractivity (Wildman–Crippen MR) is 73.1 cm³/mol. The summed E-state index contributed by atoms with van der Waals surface area (Å²) in [4.78, 5) is 4.17. The van der Waals surface area contributed by atoms with Crippen LogP contribution in [0.4, 0.5) is 0 Å². The molecule has 0 saturated carbocycles. The molecule has 1 aromatic carbocycles. The van der Waals surface area contributed by atoms with Gasteiger partial charge in [0.05, 0.1) is 0 Å². The zero-order valence-electron chi connectivity index (χ0n) is 8.87. The topological polar surface area (TPSA) is 51.8 Å². The summed E-state index contributed by atoms with van der Waals surface area (Å²) < 4.78 is 6.01. The average molecular weight is 296 g/mol. The second-order valence-corrected chi connectivity index (χ2v) is 5.57. The minimum Gasteiger partial charge on any atom is -0.443 e. The van der Waals surface area contributed by atoms with E-state index < -0.39 is 0 Å². The summed E-state index contributed by atoms with van der Waals surface area (Å²) in [5, 5.41) is 9.21. The van der Waals surface area contributed by atoms with Crippen LogP contribution in [0.3, 0.4) is 0 Å². The van der Waals surface area contributed by atoms with Crippen LogP contribution in [-0.2, 0) is 0 Å². The lowest BCUT2D eigenvalue weighted by Gasteiger charge is -1.98. The van der Waals surface area contributed by atoms with Gasteiger partial charge in [0.2, 0.25) is 0 Å². The number of aromatic nitrogens is 3. The SMILES string of the molecule is Sc1nnc(-c2ncoc2-c2ccc(Cl)cc2)s1. The molecule has 0 fully saturated rings. The minimum absolute atomic E-state index is 0.593. The Morgan fingerprint density at radius 1 is 1.17 bits per heavy atom. The molecule has 0 spiro atoms. The van der Waals surface area contributed by atoms with Crippen molar-refractivity contribution < 1.29 is 4.42 Å². The van der Waals surface area contributed by atoms with Gasteiger partial charge in [0.25, 0.3) is 0 Å². The Hall–Kier alpha value is -1.37. The van der Waals surface area contributed by atoms with Crippen LogP contribution in [-0.4, -0.2) is 15.2 Å². The maximum Gasteiger partial charge on any atom is 0.182 e. The lowest BCUT2D eigenvalue weighted by molar-refractivity contribution is 0.572. The maximum atomic E-state index is 5.86. The highest BCUT2D eigenvalue weighted by molar-refractivity contribution is 7.82. The van der Waals surface area contributed by atoms with Gasteiger partial charge in [0, 0.05) is 10.6 Å². The van der Waals surface area contributed by atoms with Crippen molar-refractivity contribution in [3.63, 3.8) is 0 Å². The van der Waals surface area contributed by atoms with Crippen molar-refractivity contribution in [2.24, 2.45) is 0 Å². The van der Waals surface area contributed by atoms with Crippen LogP contribution < -0.4 is 0 Å². The first kappa shape index (κ1) is 11.7. The lowest BCUT2D eigenvalue weighted by Crippen LogP contribution is -1.81. The Balaban J connectivity index is 2.09. The number of nitrogens with zero attached hydrogens (tertiary/aromatic N) is 3. The monoisotopic (exact) mass is 295 g/mol. The molecule has 7 heteroatoms. The van der Waals surface area contributed by atoms with Gasteiger partial charge < -0.3 is 4.42 Å². The van der Waals surface area contributed by atoms with Gasteiger partial charge in [-0.15, -0.1) is 22.8 Å². The first-order chi connectivity index (χ1) is 8.74. The summed E-state index contributed by atoms with van der Waals surface area (Å²) in [6, 6.07) is 7.34. The Morgan fingerprint density at radius 3 is 2.61 bits per heavy atom. The van der Waals surface area contributed by atoms with Crippen molar-refractivity contribution >= 4 is 35.6 Å². The molecule has 0 aliphatic rings. The molecule has 0 saturated heterocycles. The van der Waals surface area contributed by atoms with E-state index in [2.05, 4.69) is 27.8 Å². The summed E-state index contributed by atoms with van der Waals surface area (Å²) in [6.07, 6.45) is 1.39. The number of hydrogen-bond donors (Lipinski definition) is 1. The molecule has 0 N–H and O–H groups in total. The van der Waals surface area contributed by atoms with E-state index in [0.717, 1.165) is 5.56 Å². The van der Waals surface area contributed by atoms with Crippen molar-refractivity contribution in [2.45, 2.75) is 4.34 Å². The van der Waals surface area contributed by atoms with Crippen LogP contribution in [0.2, 0.25) is 5.02 Å². The molecule has 0 unspecified atom stereocenters. The summed E-state index contributed by atoms with van der Waals surface area (Å²) in [5.41, 5.74) is 1.55. The van der Waals surface area contributed by atoms with Crippen LogP contribution in [0.5, 0.6) is 0 Å². The van der Waals surface area contributed by atoms with Crippen LogP contribution in [0.25, 0.3) is 22.0 Å². The van der Waals surface area contributed by atoms with Crippen LogP contribution in [0.15, 0.2) is 39.4 Å². The maximum absolute atomic E-state index is 5.86. The Kier molecular flexibility index (Phi) is 3.07. The lowest BCUT2D eigenvalue weighted by atomic mass is 10.1. The summed E-state index contributed by atoms with van der Waals surface area (Å²) in [6.45, 7) is 0. The summed E-state index contributed by atoms with van der Waals surface area (Å²) in [5.74, 6) is 0.649. The van der Waals surface area contributed by atoms with Crippen molar-refractivity contribution in [3.05, 3.63) is 35.7 Å². The average Bonchev–Trinajstić information content (AvgIpc) is 2.98. The number of benzene rings is 1. The Morgan fingerprint density at radius 2 is 1.94 bits per heavy atom. The fraction of sp³-hybridized carbons (Fsp3) is 0. The van der Waals surface area contributed by atoms with Crippen molar-refractivity contribution in [1.29, 1.82) is 0 Å². The normalized spacial score (nSPS) is 10.8. The molecular formula is C11H6ClN3OS2. The molecule has 0 amide bonds. The van der Waals surface area contributed by atoms with Crippen LogP contribution in [0.1, 0.15) is 0 Å². The molecule has 4 nitrogen and oxygen atoms in total. The highest BCUT2D eigenvalue weighted by Crippen LogP contribution is 2.33. The Bertz CT molecular complexity index is 678. The summed E-state index contributed by atoms with van der Waals surface area (Å²) >= 11 is 11.3. The van der Waals surface area contributed by atoms with Gasteiger partial charge in [0.15, 0.2) is 21.5 Å². The number of oxazole rings is 1. The van der Waals surface area contributed by atoms with E-state index in [-0.39, 0.29) is 0 Å². The van der Waals surface area contributed by atoms with Gasteiger partial charge in [0.1, 0.15) is 5.69 Å². The van der Waals surface area contributed by atoms with E-state index in [1.54, 1.807) is 12.1 Å². The molecule has 90 valence electrons. The number of thiol groups is 1. The molecule has 2 heterocycles. The van der Waals surface area contributed by atoms with Gasteiger partial charge in [-0.1, -0.05) is 22.9 Å². The largest absolute Gasteiger partial charge is 0.443 e. The molecule has 2 aromatic heterocycles. The molecule has 3 rings (SSSR count). The van der Waals surface area contributed by atoms with Gasteiger partial charge >= 0.3 is 0 Å². The van der Waals surface area contributed by atoms with Crippen molar-refractivity contribution in [1.82, 2.24) is 15.2 Å². The second kappa shape index (κ2) is 4.72. The zero-order chi connectivity index (χ0) is 12.5. The van der Waals surface area contributed by atoms with E-state index in [9.17, 15) is 0 Å². The first-order valence-electron chi connectivity index (χ1n) is 4.96. The summed E-state index contributed by atoms with van der Waals surface area (Å²) in [7, 11) is 0. The smallest absolute Gasteiger partial charge is 0.182 e. The molecule has 3 aromatic rings. The molecule has 0 atom stereocenters. The molecular weight excluding hydrogens is 290 g/mol. The highest BCUT2D eigenvalue weighted by atomic mass is 35.5. The number of rotatable bonds is 2. The van der Waals surface area contributed by atoms with Gasteiger partial charge in [-0.25, -0.2) is 4.98 Å². The Labute approximate surface area is 117 Å². The van der Waals surface area contributed by atoms with E-state index in [0.29, 0.717) is 25.8 Å². The van der Waals surface area contributed by atoms with Crippen LogP contribution >= 0.6 is 35.6 Å². The second-order valence-electron chi connectivity index (χ2n) is 3.43. The third kappa shape index (κ3) is 2.14. The van der Waals surface area contributed by atoms with E-state index in [4.69, 9.17) is 16.0 Å². The van der Waals surface area contributed by atoms with Crippen LogP contribution in [0, 0.1) is 0 Å². The van der Waals surface area contributed by atoms with E-state index in [1.165, 1.54) is 17.7 Å². The predicted octanol–water partition coefficient (Wildman–Crippen LogP) is 3.80. The molecule has 0 bridgehead atoms. The standard InChI is InChI=1S/C11H6ClN3OS2/c12-7-3-1-6(2-4-7)9-8(13-5-16-9)10-14-15-11(17)18-10/h1-5H,(H,15,17). The third-order valence-electron chi connectivity index (χ3n) is 2.29. The van der Waals surface area contributed by atoms with Gasteiger partial charge in [-0.3, -0.25) is 0 Å². The number of halogens is 1. The van der Waals surface area contributed by atoms with Gasteiger partial charge in [-0.2, -0.15) is 0 Å². The zero-order valence-corrected chi connectivity index (χ0v) is 11.3. The minimum atomic E-state index is 0.593. The quantitative estimate of drug-likeness (QED) is 0.731. The highest BCUT2D eigenvalue weighted by Gasteiger charge is 2.16. The van der Waals surface area contributed by atoms with E-state index >= 15 is 0 Å². The number of hydrogen-bond acceptors (Lipinski definition) is 6. The van der Waals surface area contributed by atoms with E-state index in [1.807, 2.05) is 12.1 Å². The molecule has 18 heavy (non-hydrogen) atoms. The molecule has 0 radical (unpaired) electrons. The first-order valence-corrected chi connectivity index (χ1v) is 6.60. The fourth-order valence-corrected chi connectivity index (χ4v) is 2.52. The molecule has 0 aliphatic carbocycles.